The molecule has 0 spiro atoms. The highest BCUT2D eigenvalue weighted by molar-refractivity contribution is 5.92. The molecule has 0 bridgehead atoms. The van der Waals surface area contributed by atoms with Gasteiger partial charge < -0.3 is 25.4 Å². The third-order valence-corrected chi connectivity index (χ3v) is 7.05. The lowest BCUT2D eigenvalue weighted by atomic mass is 9.86. The Hall–Kier alpha value is -2.77. The monoisotopic (exact) mass is 517 g/mol. The first kappa shape index (κ1) is 30.5. The minimum Gasteiger partial charge on any atom is -0.508 e. The highest BCUT2D eigenvalue weighted by Crippen LogP contribution is 2.35. The number of nitrogens with zero attached hydrogens (tertiary/aromatic N) is 1. The molecule has 1 aliphatic rings. The van der Waals surface area contributed by atoms with Crippen LogP contribution >= 0.6 is 0 Å². The van der Waals surface area contributed by atoms with E-state index in [4.69, 9.17) is 4.74 Å². The van der Waals surface area contributed by atoms with Crippen LogP contribution in [0.5, 0.6) is 5.75 Å². The zero-order valence-corrected chi connectivity index (χ0v) is 23.9. The number of amides is 3. The van der Waals surface area contributed by atoms with Gasteiger partial charge in [0, 0.05) is 12.1 Å². The number of alkyl carbamates (subject to hydrolysis) is 1. The molecule has 8 nitrogen and oxygen atoms in total. The van der Waals surface area contributed by atoms with E-state index in [1.807, 2.05) is 20.8 Å². The second-order valence-corrected chi connectivity index (χ2v) is 11.5. The van der Waals surface area contributed by atoms with Crippen LogP contribution in [0.25, 0.3) is 0 Å². The molecule has 0 radical (unpaired) electrons. The van der Waals surface area contributed by atoms with Crippen molar-refractivity contribution < 1.29 is 24.2 Å². The Bertz CT molecular complexity index is 938. The normalized spacial score (nSPS) is 17.1. The van der Waals surface area contributed by atoms with Crippen molar-refractivity contribution in [2.45, 2.75) is 124 Å². The summed E-state index contributed by atoms with van der Waals surface area (Å²) < 4.78 is 5.47. The lowest BCUT2D eigenvalue weighted by Crippen LogP contribution is -2.59. The van der Waals surface area contributed by atoms with E-state index in [-0.39, 0.29) is 35.6 Å². The standard InChI is InChI=1S/C29H47N3O5/c1-9-12-20(5)30-26(34)25(21-15-16-23(33)19(4)17-21)32(22-13-11-14-22)27(35)24(18(3)10-2)31-28(36)37-29(6,7)8/h15-18,20,22,24-25,33H,9-14H2,1-8H3,(H,30,34)(H,31,36). The van der Waals surface area contributed by atoms with Crippen LogP contribution < -0.4 is 10.6 Å². The summed E-state index contributed by atoms with van der Waals surface area (Å²) in [6.45, 7) is 15.0. The van der Waals surface area contributed by atoms with Crippen LogP contribution in [-0.2, 0) is 14.3 Å². The number of phenolic OH excluding ortho intramolecular Hbond substituents is 1. The van der Waals surface area contributed by atoms with Crippen LogP contribution in [0.15, 0.2) is 18.2 Å². The van der Waals surface area contributed by atoms with Crippen molar-refractivity contribution in [2.24, 2.45) is 5.92 Å². The number of phenols is 1. The Morgan fingerprint density at radius 3 is 2.27 bits per heavy atom. The van der Waals surface area contributed by atoms with Crippen molar-refractivity contribution in [1.82, 2.24) is 15.5 Å². The molecule has 1 aliphatic carbocycles. The van der Waals surface area contributed by atoms with Gasteiger partial charge in [0.2, 0.25) is 11.8 Å². The number of rotatable bonds is 11. The first-order valence-corrected chi connectivity index (χ1v) is 13.7. The Kier molecular flexibility index (Phi) is 10.8. The molecular formula is C29H47N3O5. The Morgan fingerprint density at radius 1 is 1.14 bits per heavy atom. The van der Waals surface area contributed by atoms with Gasteiger partial charge in [-0.25, -0.2) is 4.79 Å². The van der Waals surface area contributed by atoms with Crippen LogP contribution in [0.2, 0.25) is 0 Å². The first-order chi connectivity index (χ1) is 17.3. The second kappa shape index (κ2) is 13.2. The number of nitrogens with one attached hydrogen (secondary N) is 2. The van der Waals surface area contributed by atoms with Gasteiger partial charge in [0.1, 0.15) is 23.4 Å². The van der Waals surface area contributed by atoms with Gasteiger partial charge in [-0.3, -0.25) is 9.59 Å². The highest BCUT2D eigenvalue weighted by Gasteiger charge is 2.43. The summed E-state index contributed by atoms with van der Waals surface area (Å²) in [5.74, 6) is -0.592. The molecular weight excluding hydrogens is 470 g/mol. The van der Waals surface area contributed by atoms with E-state index in [9.17, 15) is 19.5 Å². The molecule has 1 saturated carbocycles. The van der Waals surface area contributed by atoms with E-state index in [2.05, 4.69) is 17.6 Å². The maximum Gasteiger partial charge on any atom is 0.408 e. The number of carbonyl (C=O) groups excluding carboxylic acids is 3. The van der Waals surface area contributed by atoms with Crippen molar-refractivity contribution in [3.05, 3.63) is 29.3 Å². The van der Waals surface area contributed by atoms with Crippen molar-refractivity contribution in [3.63, 3.8) is 0 Å². The van der Waals surface area contributed by atoms with Crippen molar-refractivity contribution in [2.75, 3.05) is 0 Å². The molecule has 0 aromatic heterocycles. The fraction of sp³-hybridized carbons (Fsp3) is 0.690. The number of aryl methyl sites for hydroxylation is 1. The van der Waals surface area contributed by atoms with Gasteiger partial charge in [0.25, 0.3) is 0 Å². The molecule has 208 valence electrons. The van der Waals surface area contributed by atoms with Crippen LogP contribution in [-0.4, -0.2) is 51.6 Å². The molecule has 0 saturated heterocycles. The lowest BCUT2D eigenvalue weighted by molar-refractivity contribution is -0.148. The van der Waals surface area contributed by atoms with Crippen LogP contribution in [0, 0.1) is 12.8 Å². The van der Waals surface area contributed by atoms with Crippen molar-refractivity contribution in [3.8, 4) is 5.75 Å². The van der Waals surface area contributed by atoms with Crippen molar-refractivity contribution >= 4 is 17.9 Å². The van der Waals surface area contributed by atoms with E-state index in [0.717, 1.165) is 32.1 Å². The maximum atomic E-state index is 14.3. The number of hydrogen-bond acceptors (Lipinski definition) is 5. The van der Waals surface area contributed by atoms with Gasteiger partial charge in [0.05, 0.1) is 0 Å². The fourth-order valence-corrected chi connectivity index (χ4v) is 4.58. The first-order valence-electron chi connectivity index (χ1n) is 13.7. The number of hydrogen-bond donors (Lipinski definition) is 3. The average Bonchev–Trinajstić information content (AvgIpc) is 2.76. The third kappa shape index (κ3) is 8.37. The molecule has 37 heavy (non-hydrogen) atoms. The SMILES string of the molecule is CCCC(C)NC(=O)C(c1ccc(O)c(C)c1)N(C(=O)C(NC(=O)OC(C)(C)C)C(C)CC)C1CCC1. The van der Waals surface area contributed by atoms with Crippen LogP contribution in [0.3, 0.4) is 0 Å². The summed E-state index contributed by atoms with van der Waals surface area (Å²) in [6, 6.07) is 3.13. The molecule has 1 aromatic rings. The molecule has 0 heterocycles. The molecule has 2 rings (SSSR count). The topological polar surface area (TPSA) is 108 Å². The smallest absolute Gasteiger partial charge is 0.408 e. The third-order valence-electron chi connectivity index (χ3n) is 7.05. The summed E-state index contributed by atoms with van der Waals surface area (Å²) in [5, 5.41) is 16.0. The average molecular weight is 518 g/mol. The summed E-state index contributed by atoms with van der Waals surface area (Å²) in [6.07, 6.45) is 4.29. The molecule has 4 unspecified atom stereocenters. The zero-order valence-electron chi connectivity index (χ0n) is 23.9. The van der Waals surface area contributed by atoms with E-state index in [1.165, 1.54) is 0 Å². The number of benzene rings is 1. The Morgan fingerprint density at radius 2 is 1.78 bits per heavy atom. The Labute approximate surface area is 222 Å². The van der Waals surface area contributed by atoms with Crippen LogP contribution in [0.4, 0.5) is 4.79 Å². The van der Waals surface area contributed by atoms with Crippen LogP contribution in [0.1, 0.15) is 104 Å². The summed E-state index contributed by atoms with van der Waals surface area (Å²) >= 11 is 0. The summed E-state index contributed by atoms with van der Waals surface area (Å²) in [7, 11) is 0. The summed E-state index contributed by atoms with van der Waals surface area (Å²) in [5.41, 5.74) is 0.558. The van der Waals surface area contributed by atoms with E-state index >= 15 is 0 Å². The molecule has 3 amide bonds. The minimum absolute atomic E-state index is 0.0539. The Balaban J connectivity index is 2.54. The van der Waals surface area contributed by atoms with Crippen molar-refractivity contribution in [1.29, 1.82) is 0 Å². The lowest BCUT2D eigenvalue weighted by Gasteiger charge is -2.44. The summed E-state index contributed by atoms with van der Waals surface area (Å²) in [4.78, 5) is 42.5. The minimum atomic E-state index is -0.886. The molecule has 1 fully saturated rings. The number of carbonyl (C=O) groups is 3. The van der Waals surface area contributed by atoms with Gasteiger partial charge in [0.15, 0.2) is 0 Å². The molecule has 8 heteroatoms. The van der Waals surface area contributed by atoms with E-state index in [1.54, 1.807) is 50.8 Å². The van der Waals surface area contributed by atoms with Gasteiger partial charge in [-0.05, 0) is 89.5 Å². The number of aromatic hydroxyl groups is 1. The van der Waals surface area contributed by atoms with Gasteiger partial charge in [-0.15, -0.1) is 0 Å². The van der Waals surface area contributed by atoms with E-state index < -0.39 is 23.8 Å². The van der Waals surface area contributed by atoms with Gasteiger partial charge in [-0.2, -0.15) is 0 Å². The van der Waals surface area contributed by atoms with Gasteiger partial charge in [-0.1, -0.05) is 39.7 Å². The largest absolute Gasteiger partial charge is 0.508 e. The predicted octanol–water partition coefficient (Wildman–Crippen LogP) is 5.37. The second-order valence-electron chi connectivity index (χ2n) is 11.5. The molecule has 4 atom stereocenters. The van der Waals surface area contributed by atoms with E-state index in [0.29, 0.717) is 17.5 Å². The fourth-order valence-electron chi connectivity index (χ4n) is 4.58. The molecule has 3 N–H and O–H groups in total. The predicted molar refractivity (Wildman–Crippen MR) is 145 cm³/mol. The zero-order chi connectivity index (χ0) is 27.9. The maximum absolute atomic E-state index is 14.3. The molecule has 0 aliphatic heterocycles. The highest BCUT2D eigenvalue weighted by atomic mass is 16.6. The quantitative estimate of drug-likeness (QED) is 0.366. The molecule has 1 aromatic carbocycles. The number of ether oxygens (including phenoxy) is 1. The van der Waals surface area contributed by atoms with Gasteiger partial charge >= 0.3 is 6.09 Å².